The molecule has 0 saturated heterocycles. The number of allylic oxidation sites excluding steroid dienone is 1. The van der Waals surface area contributed by atoms with Gasteiger partial charge in [0.05, 0.1) is 12.6 Å². The normalized spacial score (nSPS) is 10.9. The van der Waals surface area contributed by atoms with Gasteiger partial charge in [0.25, 0.3) is 0 Å². The third-order valence-electron chi connectivity index (χ3n) is 3.83. The number of benzene rings is 2. The van der Waals surface area contributed by atoms with Crippen molar-refractivity contribution in [3.8, 4) is 5.75 Å². The van der Waals surface area contributed by atoms with Crippen LogP contribution in [0.3, 0.4) is 0 Å². The van der Waals surface area contributed by atoms with E-state index in [4.69, 9.17) is 4.74 Å². The zero-order chi connectivity index (χ0) is 15.7. The van der Waals surface area contributed by atoms with Crippen LogP contribution < -0.4 is 4.74 Å². The number of rotatable bonds is 4. The Kier molecular flexibility index (Phi) is 4.08. The van der Waals surface area contributed by atoms with Crippen LogP contribution in [0.2, 0.25) is 0 Å². The Bertz CT molecular complexity index is 831. The first-order chi connectivity index (χ1) is 10.6. The van der Waals surface area contributed by atoms with Crippen molar-refractivity contribution in [1.82, 2.24) is 4.57 Å². The lowest BCUT2D eigenvalue weighted by Crippen LogP contribution is -1.97. The first-order valence-electron chi connectivity index (χ1n) is 7.16. The molecule has 0 unspecified atom stereocenters. The number of fused-ring (bicyclic) bond motifs is 1. The van der Waals surface area contributed by atoms with Gasteiger partial charge >= 0.3 is 0 Å². The third kappa shape index (κ3) is 2.69. The Morgan fingerprint density at radius 3 is 2.55 bits per heavy atom. The molecule has 3 heteroatoms. The minimum atomic E-state index is 0.824. The Balaban J connectivity index is 2.06. The summed E-state index contributed by atoms with van der Waals surface area (Å²) >= 11 is 3.66. The SMILES string of the molecule is C=C(C)c1cn(Cc2ccc(OC)cc2)c2cccc(Br)c12. The van der Waals surface area contributed by atoms with Crippen LogP contribution in [0.25, 0.3) is 16.5 Å². The van der Waals surface area contributed by atoms with Crippen LogP contribution in [0.5, 0.6) is 5.75 Å². The maximum Gasteiger partial charge on any atom is 0.118 e. The molecule has 0 atom stereocenters. The highest BCUT2D eigenvalue weighted by Gasteiger charge is 2.12. The van der Waals surface area contributed by atoms with Crippen LogP contribution in [0, 0.1) is 0 Å². The number of hydrogen-bond acceptors (Lipinski definition) is 1. The number of hydrogen-bond donors (Lipinski definition) is 0. The molecule has 0 aliphatic carbocycles. The summed E-state index contributed by atoms with van der Waals surface area (Å²) in [6, 6.07) is 14.5. The molecule has 3 rings (SSSR count). The van der Waals surface area contributed by atoms with Gasteiger partial charge in [-0.05, 0) is 42.3 Å². The fraction of sp³-hybridized carbons (Fsp3) is 0.158. The van der Waals surface area contributed by atoms with Gasteiger partial charge in [0.2, 0.25) is 0 Å². The molecule has 22 heavy (non-hydrogen) atoms. The van der Waals surface area contributed by atoms with Gasteiger partial charge in [-0.25, -0.2) is 0 Å². The van der Waals surface area contributed by atoms with E-state index in [0.29, 0.717) is 0 Å². The van der Waals surface area contributed by atoms with E-state index >= 15 is 0 Å². The van der Waals surface area contributed by atoms with Gasteiger partial charge in [0, 0.05) is 28.2 Å². The smallest absolute Gasteiger partial charge is 0.118 e. The summed E-state index contributed by atoms with van der Waals surface area (Å²) in [5.41, 5.74) is 4.72. The van der Waals surface area contributed by atoms with Gasteiger partial charge in [0.15, 0.2) is 0 Å². The maximum absolute atomic E-state index is 5.22. The van der Waals surface area contributed by atoms with Gasteiger partial charge in [-0.1, -0.05) is 40.7 Å². The summed E-state index contributed by atoms with van der Waals surface area (Å²) in [7, 11) is 1.69. The van der Waals surface area contributed by atoms with Gasteiger partial charge < -0.3 is 9.30 Å². The van der Waals surface area contributed by atoms with Crippen LogP contribution in [-0.4, -0.2) is 11.7 Å². The van der Waals surface area contributed by atoms with Crippen LogP contribution in [0.4, 0.5) is 0 Å². The molecule has 1 heterocycles. The zero-order valence-electron chi connectivity index (χ0n) is 12.8. The van der Waals surface area contributed by atoms with Crippen LogP contribution in [-0.2, 0) is 6.54 Å². The van der Waals surface area contributed by atoms with Gasteiger partial charge in [-0.3, -0.25) is 0 Å². The first kappa shape index (κ1) is 14.9. The summed E-state index contributed by atoms with van der Waals surface area (Å²) in [6.45, 7) is 6.98. The first-order valence-corrected chi connectivity index (χ1v) is 7.95. The minimum absolute atomic E-state index is 0.824. The molecule has 0 aliphatic heterocycles. The Labute approximate surface area is 139 Å². The summed E-state index contributed by atoms with van der Waals surface area (Å²) in [5.74, 6) is 0.881. The van der Waals surface area contributed by atoms with Crippen molar-refractivity contribution in [2.75, 3.05) is 7.11 Å². The zero-order valence-corrected chi connectivity index (χ0v) is 14.4. The van der Waals surface area contributed by atoms with Gasteiger partial charge in [0.1, 0.15) is 5.75 Å². The molecule has 0 amide bonds. The Hall–Kier alpha value is -2.00. The summed E-state index contributed by atoms with van der Waals surface area (Å²) in [6.07, 6.45) is 2.18. The number of methoxy groups -OCH3 is 1. The molecule has 0 radical (unpaired) electrons. The maximum atomic E-state index is 5.22. The average molecular weight is 356 g/mol. The molecular formula is C19H18BrNO. The quantitative estimate of drug-likeness (QED) is 0.603. The van der Waals surface area contributed by atoms with E-state index in [2.05, 4.69) is 63.6 Å². The largest absolute Gasteiger partial charge is 0.497 e. The Morgan fingerprint density at radius 2 is 1.91 bits per heavy atom. The second kappa shape index (κ2) is 6.01. The van der Waals surface area contributed by atoms with Crippen molar-refractivity contribution in [2.24, 2.45) is 0 Å². The third-order valence-corrected chi connectivity index (χ3v) is 4.49. The van der Waals surface area contributed by atoms with Crippen molar-refractivity contribution in [2.45, 2.75) is 13.5 Å². The predicted molar refractivity (Wildman–Crippen MR) is 96.4 cm³/mol. The molecular weight excluding hydrogens is 338 g/mol. The lowest BCUT2D eigenvalue weighted by Gasteiger charge is -2.07. The second-order valence-electron chi connectivity index (χ2n) is 5.43. The number of ether oxygens (including phenoxy) is 1. The number of halogens is 1. The van der Waals surface area contributed by atoms with E-state index in [-0.39, 0.29) is 0 Å². The molecule has 2 aromatic carbocycles. The van der Waals surface area contributed by atoms with Crippen LogP contribution in [0.15, 0.2) is 59.7 Å². The molecule has 0 aliphatic rings. The highest BCUT2D eigenvalue weighted by molar-refractivity contribution is 9.10. The molecule has 0 fully saturated rings. The van der Waals surface area contributed by atoms with Gasteiger partial charge in [-0.15, -0.1) is 0 Å². The fourth-order valence-corrected chi connectivity index (χ4v) is 3.26. The molecule has 1 aromatic heterocycles. The van der Waals surface area contributed by atoms with Crippen molar-refractivity contribution in [3.63, 3.8) is 0 Å². The minimum Gasteiger partial charge on any atom is -0.497 e. The molecule has 0 spiro atoms. The van der Waals surface area contributed by atoms with Crippen LogP contribution in [0.1, 0.15) is 18.1 Å². The van der Waals surface area contributed by atoms with Crippen molar-refractivity contribution >= 4 is 32.4 Å². The van der Waals surface area contributed by atoms with Crippen molar-refractivity contribution < 1.29 is 4.74 Å². The fourth-order valence-electron chi connectivity index (χ4n) is 2.69. The summed E-state index contributed by atoms with van der Waals surface area (Å²) in [4.78, 5) is 0. The molecule has 0 saturated carbocycles. The molecule has 3 aromatic rings. The number of aromatic nitrogens is 1. The number of nitrogens with zero attached hydrogens (tertiary/aromatic N) is 1. The standard InChI is InChI=1S/C19H18BrNO/c1-13(2)16-12-21(18-6-4-5-17(20)19(16)18)11-14-7-9-15(22-3)10-8-14/h4-10,12H,1,11H2,2-3H3. The van der Waals surface area contributed by atoms with E-state index in [1.807, 2.05) is 19.1 Å². The summed E-state index contributed by atoms with van der Waals surface area (Å²) in [5, 5.41) is 1.23. The monoisotopic (exact) mass is 355 g/mol. The molecule has 0 bridgehead atoms. The molecule has 0 N–H and O–H groups in total. The van der Waals surface area contributed by atoms with E-state index in [1.54, 1.807) is 7.11 Å². The Morgan fingerprint density at radius 1 is 1.18 bits per heavy atom. The van der Waals surface area contributed by atoms with E-state index in [1.165, 1.54) is 22.0 Å². The highest BCUT2D eigenvalue weighted by atomic mass is 79.9. The lowest BCUT2D eigenvalue weighted by atomic mass is 10.1. The summed E-state index contributed by atoms with van der Waals surface area (Å²) < 4.78 is 8.59. The molecule has 112 valence electrons. The molecule has 2 nitrogen and oxygen atoms in total. The average Bonchev–Trinajstić information content (AvgIpc) is 2.89. The predicted octanol–water partition coefficient (Wildman–Crippen LogP) is 5.49. The van der Waals surface area contributed by atoms with E-state index < -0.39 is 0 Å². The van der Waals surface area contributed by atoms with E-state index in [9.17, 15) is 0 Å². The second-order valence-corrected chi connectivity index (χ2v) is 6.29. The van der Waals surface area contributed by atoms with E-state index in [0.717, 1.165) is 22.3 Å². The van der Waals surface area contributed by atoms with Crippen molar-refractivity contribution in [3.05, 3.63) is 70.8 Å². The topological polar surface area (TPSA) is 14.2 Å². The van der Waals surface area contributed by atoms with Crippen molar-refractivity contribution in [1.29, 1.82) is 0 Å². The van der Waals surface area contributed by atoms with Crippen LogP contribution >= 0.6 is 15.9 Å². The van der Waals surface area contributed by atoms with Gasteiger partial charge in [-0.2, -0.15) is 0 Å². The lowest BCUT2D eigenvalue weighted by molar-refractivity contribution is 0.414. The highest BCUT2D eigenvalue weighted by Crippen LogP contribution is 2.33.